The molecular formula is C10H20N2O4. The number of nitrogens with one attached hydrogen (secondary N) is 2. The quantitative estimate of drug-likeness (QED) is 0.420. The van der Waals surface area contributed by atoms with Crippen LogP contribution in [0.5, 0.6) is 0 Å². The van der Waals surface area contributed by atoms with Crippen LogP contribution in [0.15, 0.2) is 0 Å². The normalized spacial score (nSPS) is 20.1. The maximum absolute atomic E-state index is 10.8. The van der Waals surface area contributed by atoms with Gasteiger partial charge < -0.3 is 25.6 Å². The zero-order chi connectivity index (χ0) is 12.0. The monoisotopic (exact) mass is 232 g/mol. The van der Waals surface area contributed by atoms with Crippen molar-refractivity contribution >= 4 is 5.97 Å². The Morgan fingerprint density at radius 1 is 1.62 bits per heavy atom. The molecule has 0 aromatic heterocycles. The predicted molar refractivity (Wildman–Crippen MR) is 58.4 cm³/mol. The molecule has 16 heavy (non-hydrogen) atoms. The molecule has 1 rings (SSSR count). The molecule has 4 N–H and O–H groups in total. The van der Waals surface area contributed by atoms with E-state index in [9.17, 15) is 4.79 Å². The lowest BCUT2D eigenvalue weighted by atomic mass is 9.87. The molecule has 0 saturated carbocycles. The van der Waals surface area contributed by atoms with Crippen LogP contribution in [0.4, 0.5) is 0 Å². The molecule has 0 aliphatic carbocycles. The van der Waals surface area contributed by atoms with E-state index < -0.39 is 5.97 Å². The minimum absolute atomic E-state index is 0.00329. The molecule has 1 aliphatic heterocycles. The van der Waals surface area contributed by atoms with Crippen molar-refractivity contribution in [3.8, 4) is 0 Å². The fourth-order valence-electron chi connectivity index (χ4n) is 1.98. The molecule has 0 spiro atoms. The second-order valence-electron chi connectivity index (χ2n) is 4.26. The SMILES string of the molecule is COCC(CCO)NC1(CC(=O)O)CNC1. The predicted octanol–water partition coefficient (Wildman–Crippen LogP) is -1.21. The van der Waals surface area contributed by atoms with Gasteiger partial charge in [-0.3, -0.25) is 4.79 Å². The number of carboxylic acid groups (broad SMARTS) is 1. The fraction of sp³-hybridized carbons (Fsp3) is 0.900. The Hall–Kier alpha value is -0.690. The van der Waals surface area contributed by atoms with Crippen molar-refractivity contribution in [3.63, 3.8) is 0 Å². The fourth-order valence-corrected chi connectivity index (χ4v) is 1.98. The minimum Gasteiger partial charge on any atom is -0.481 e. The summed E-state index contributed by atoms with van der Waals surface area (Å²) in [4.78, 5) is 10.8. The van der Waals surface area contributed by atoms with Crippen molar-refractivity contribution in [1.82, 2.24) is 10.6 Å². The van der Waals surface area contributed by atoms with Gasteiger partial charge in [0.05, 0.1) is 18.6 Å². The Kier molecular flexibility index (Phi) is 5.14. The lowest BCUT2D eigenvalue weighted by molar-refractivity contribution is -0.139. The van der Waals surface area contributed by atoms with Crippen molar-refractivity contribution < 1.29 is 19.7 Å². The topological polar surface area (TPSA) is 90.8 Å². The molecule has 6 nitrogen and oxygen atoms in total. The van der Waals surface area contributed by atoms with E-state index in [1.807, 2.05) is 0 Å². The highest BCUT2D eigenvalue weighted by atomic mass is 16.5. The number of carboxylic acids is 1. The summed E-state index contributed by atoms with van der Waals surface area (Å²) >= 11 is 0. The van der Waals surface area contributed by atoms with Crippen LogP contribution in [0.2, 0.25) is 0 Å². The molecule has 1 heterocycles. The molecular weight excluding hydrogens is 212 g/mol. The van der Waals surface area contributed by atoms with Gasteiger partial charge in [-0.05, 0) is 6.42 Å². The molecule has 0 aromatic carbocycles. The number of aliphatic hydroxyl groups excluding tert-OH is 1. The van der Waals surface area contributed by atoms with Crippen molar-refractivity contribution in [1.29, 1.82) is 0 Å². The van der Waals surface area contributed by atoms with Crippen LogP contribution < -0.4 is 10.6 Å². The standard InChI is InChI=1S/C10H20N2O4/c1-16-5-8(2-3-13)12-10(4-9(14)15)6-11-7-10/h8,11-13H,2-7H2,1H3,(H,14,15). The zero-order valence-electron chi connectivity index (χ0n) is 9.53. The van der Waals surface area contributed by atoms with Gasteiger partial charge in [-0.15, -0.1) is 0 Å². The van der Waals surface area contributed by atoms with Crippen molar-refractivity contribution in [2.45, 2.75) is 24.4 Å². The Balaban J connectivity index is 2.48. The summed E-state index contributed by atoms with van der Waals surface area (Å²) < 4.78 is 5.03. The van der Waals surface area contributed by atoms with Crippen LogP contribution >= 0.6 is 0 Å². The van der Waals surface area contributed by atoms with E-state index in [0.29, 0.717) is 26.1 Å². The first-order valence-electron chi connectivity index (χ1n) is 5.42. The number of hydrogen-bond donors (Lipinski definition) is 4. The lowest BCUT2D eigenvalue weighted by Gasteiger charge is -2.44. The van der Waals surface area contributed by atoms with E-state index in [2.05, 4.69) is 10.6 Å². The summed E-state index contributed by atoms with van der Waals surface area (Å²) in [5.41, 5.74) is -0.385. The molecule has 1 fully saturated rings. The van der Waals surface area contributed by atoms with Gasteiger partial charge in [0, 0.05) is 32.8 Å². The number of hydrogen-bond acceptors (Lipinski definition) is 5. The number of carbonyl (C=O) groups is 1. The molecule has 1 saturated heterocycles. The lowest BCUT2D eigenvalue weighted by Crippen LogP contribution is -2.70. The van der Waals surface area contributed by atoms with E-state index in [1.54, 1.807) is 7.11 Å². The minimum atomic E-state index is -0.811. The highest BCUT2D eigenvalue weighted by Gasteiger charge is 2.40. The van der Waals surface area contributed by atoms with E-state index in [-0.39, 0.29) is 24.6 Å². The van der Waals surface area contributed by atoms with Gasteiger partial charge >= 0.3 is 5.97 Å². The Labute approximate surface area is 95.0 Å². The third-order valence-corrected chi connectivity index (χ3v) is 2.77. The second-order valence-corrected chi connectivity index (χ2v) is 4.26. The third kappa shape index (κ3) is 3.71. The largest absolute Gasteiger partial charge is 0.481 e. The average Bonchev–Trinajstić information content (AvgIpc) is 2.14. The molecule has 6 heteroatoms. The Morgan fingerprint density at radius 2 is 2.31 bits per heavy atom. The Morgan fingerprint density at radius 3 is 2.69 bits per heavy atom. The second kappa shape index (κ2) is 6.15. The molecule has 1 aliphatic rings. The highest BCUT2D eigenvalue weighted by molar-refractivity contribution is 5.68. The highest BCUT2D eigenvalue weighted by Crippen LogP contribution is 2.17. The van der Waals surface area contributed by atoms with Crippen LogP contribution in [0, 0.1) is 0 Å². The number of methoxy groups -OCH3 is 1. The zero-order valence-corrected chi connectivity index (χ0v) is 9.53. The molecule has 0 amide bonds. The van der Waals surface area contributed by atoms with Gasteiger partial charge in [0.25, 0.3) is 0 Å². The Bertz CT molecular complexity index is 225. The van der Waals surface area contributed by atoms with Crippen LogP contribution in [0.3, 0.4) is 0 Å². The number of aliphatic hydroxyl groups is 1. The first kappa shape index (κ1) is 13.4. The van der Waals surface area contributed by atoms with Crippen molar-refractivity contribution in [2.24, 2.45) is 0 Å². The summed E-state index contributed by atoms with van der Waals surface area (Å²) in [6, 6.07) is -0.00329. The van der Waals surface area contributed by atoms with Gasteiger partial charge in [0.2, 0.25) is 0 Å². The van der Waals surface area contributed by atoms with Gasteiger partial charge in [0.1, 0.15) is 0 Å². The van der Waals surface area contributed by atoms with Crippen LogP contribution in [0.25, 0.3) is 0 Å². The van der Waals surface area contributed by atoms with Crippen LogP contribution in [-0.2, 0) is 9.53 Å². The number of aliphatic carboxylic acids is 1. The first-order valence-corrected chi connectivity index (χ1v) is 5.42. The molecule has 1 unspecified atom stereocenters. The maximum Gasteiger partial charge on any atom is 0.305 e. The number of ether oxygens (including phenoxy) is 1. The van der Waals surface area contributed by atoms with Gasteiger partial charge in [-0.25, -0.2) is 0 Å². The van der Waals surface area contributed by atoms with Crippen molar-refractivity contribution in [2.75, 3.05) is 33.4 Å². The molecule has 94 valence electrons. The number of rotatable bonds is 8. The first-order chi connectivity index (χ1) is 7.62. The van der Waals surface area contributed by atoms with E-state index in [0.717, 1.165) is 0 Å². The molecule has 0 aromatic rings. The van der Waals surface area contributed by atoms with E-state index >= 15 is 0 Å². The summed E-state index contributed by atoms with van der Waals surface area (Å²) in [5, 5.41) is 24.1. The average molecular weight is 232 g/mol. The summed E-state index contributed by atoms with van der Waals surface area (Å²) in [5.74, 6) is -0.811. The van der Waals surface area contributed by atoms with E-state index in [1.165, 1.54) is 0 Å². The van der Waals surface area contributed by atoms with Gasteiger partial charge in [-0.1, -0.05) is 0 Å². The summed E-state index contributed by atoms with van der Waals surface area (Å²) in [6.45, 7) is 1.83. The third-order valence-electron chi connectivity index (χ3n) is 2.77. The van der Waals surface area contributed by atoms with Crippen LogP contribution in [0.1, 0.15) is 12.8 Å². The maximum atomic E-state index is 10.8. The van der Waals surface area contributed by atoms with Gasteiger partial charge in [0.15, 0.2) is 0 Å². The summed E-state index contributed by atoms with van der Waals surface area (Å²) in [6.07, 6.45) is 0.654. The van der Waals surface area contributed by atoms with Crippen LogP contribution in [-0.4, -0.2) is 61.2 Å². The molecule has 0 radical (unpaired) electrons. The smallest absolute Gasteiger partial charge is 0.305 e. The van der Waals surface area contributed by atoms with Gasteiger partial charge in [-0.2, -0.15) is 0 Å². The molecule has 1 atom stereocenters. The van der Waals surface area contributed by atoms with Crippen molar-refractivity contribution in [3.05, 3.63) is 0 Å². The molecule has 0 bridgehead atoms. The summed E-state index contributed by atoms with van der Waals surface area (Å²) in [7, 11) is 1.59. The van der Waals surface area contributed by atoms with E-state index in [4.69, 9.17) is 14.9 Å².